The molecule has 2 aromatic carbocycles. The maximum atomic E-state index is 12.4. The van der Waals surface area contributed by atoms with Crippen LogP contribution in [-0.4, -0.2) is 37.2 Å². The van der Waals surface area contributed by atoms with E-state index >= 15 is 0 Å². The lowest BCUT2D eigenvalue weighted by molar-refractivity contribution is -0.385. The van der Waals surface area contributed by atoms with Gasteiger partial charge in [-0.1, -0.05) is 6.07 Å². The van der Waals surface area contributed by atoms with Crippen LogP contribution in [-0.2, 0) is 10.0 Å². The average molecular weight is 375 g/mol. The van der Waals surface area contributed by atoms with E-state index in [1.165, 1.54) is 30.3 Å². The van der Waals surface area contributed by atoms with Gasteiger partial charge in [0.25, 0.3) is 21.6 Å². The number of rotatable bonds is 5. The average Bonchev–Trinajstić information content (AvgIpc) is 3.16. The molecule has 136 valence electrons. The second-order valence-corrected chi connectivity index (χ2v) is 7.62. The number of hydrogen-bond donors (Lipinski definition) is 1. The quantitative estimate of drug-likeness (QED) is 0.638. The van der Waals surface area contributed by atoms with Crippen molar-refractivity contribution in [2.24, 2.45) is 0 Å². The maximum absolute atomic E-state index is 12.4. The third-order valence-electron chi connectivity index (χ3n) is 4.12. The van der Waals surface area contributed by atoms with Gasteiger partial charge in [0, 0.05) is 36.5 Å². The molecule has 0 atom stereocenters. The van der Waals surface area contributed by atoms with Crippen molar-refractivity contribution in [1.82, 2.24) is 4.90 Å². The van der Waals surface area contributed by atoms with Crippen molar-refractivity contribution in [2.75, 3.05) is 17.8 Å². The van der Waals surface area contributed by atoms with Crippen LogP contribution in [0.3, 0.4) is 0 Å². The van der Waals surface area contributed by atoms with Crippen LogP contribution >= 0.6 is 0 Å². The van der Waals surface area contributed by atoms with Crippen LogP contribution in [0.2, 0.25) is 0 Å². The van der Waals surface area contributed by atoms with Gasteiger partial charge in [-0.2, -0.15) is 0 Å². The van der Waals surface area contributed by atoms with Gasteiger partial charge in [0.15, 0.2) is 0 Å². The number of hydrogen-bond acceptors (Lipinski definition) is 5. The number of nitrogens with zero attached hydrogens (tertiary/aromatic N) is 2. The van der Waals surface area contributed by atoms with Crippen LogP contribution in [0.25, 0.3) is 0 Å². The third-order valence-corrected chi connectivity index (χ3v) is 5.50. The fourth-order valence-corrected chi connectivity index (χ4v) is 3.86. The molecule has 0 bridgehead atoms. The van der Waals surface area contributed by atoms with E-state index in [9.17, 15) is 23.3 Å². The highest BCUT2D eigenvalue weighted by Crippen LogP contribution is 2.21. The molecule has 1 fully saturated rings. The van der Waals surface area contributed by atoms with Crippen molar-refractivity contribution in [3.8, 4) is 0 Å². The summed E-state index contributed by atoms with van der Waals surface area (Å²) in [4.78, 5) is 24.0. The zero-order valence-electron chi connectivity index (χ0n) is 13.8. The molecule has 8 nitrogen and oxygen atoms in total. The molecule has 1 saturated heterocycles. The Morgan fingerprint density at radius 2 is 1.73 bits per heavy atom. The molecule has 3 rings (SSSR count). The first-order valence-corrected chi connectivity index (χ1v) is 9.52. The fraction of sp³-hybridized carbons (Fsp3) is 0.235. The minimum Gasteiger partial charge on any atom is -0.339 e. The Kier molecular flexibility index (Phi) is 4.90. The first-order valence-electron chi connectivity index (χ1n) is 8.03. The summed E-state index contributed by atoms with van der Waals surface area (Å²) in [6, 6.07) is 10.9. The van der Waals surface area contributed by atoms with Crippen LogP contribution in [0, 0.1) is 10.1 Å². The molecule has 0 saturated carbocycles. The molecule has 2 aromatic rings. The van der Waals surface area contributed by atoms with Crippen molar-refractivity contribution < 1.29 is 18.1 Å². The number of likely N-dealkylation sites (tertiary alicyclic amines) is 1. The van der Waals surface area contributed by atoms with E-state index in [2.05, 4.69) is 4.72 Å². The molecule has 0 aliphatic carbocycles. The third kappa shape index (κ3) is 3.83. The fourth-order valence-electron chi connectivity index (χ4n) is 2.76. The van der Waals surface area contributed by atoms with Gasteiger partial charge in [-0.3, -0.25) is 19.6 Å². The topological polar surface area (TPSA) is 110 Å². The number of benzene rings is 2. The van der Waals surface area contributed by atoms with Crippen LogP contribution in [0.15, 0.2) is 53.4 Å². The SMILES string of the molecule is O=C(c1ccc(NS(=O)(=O)c2cccc([N+](=O)[O-])c2)cc1)N1CCCC1. The van der Waals surface area contributed by atoms with Crippen LogP contribution in [0.1, 0.15) is 23.2 Å². The van der Waals surface area contributed by atoms with Gasteiger partial charge < -0.3 is 4.90 Å². The van der Waals surface area contributed by atoms with E-state index in [4.69, 9.17) is 0 Å². The number of amides is 1. The normalized spacial score (nSPS) is 14.2. The predicted molar refractivity (Wildman–Crippen MR) is 95.5 cm³/mol. The lowest BCUT2D eigenvalue weighted by Gasteiger charge is -2.15. The number of anilines is 1. The number of nitro benzene ring substituents is 1. The summed E-state index contributed by atoms with van der Waals surface area (Å²) in [5.74, 6) is -0.0735. The van der Waals surface area contributed by atoms with E-state index in [1.807, 2.05) is 0 Å². The second-order valence-electron chi connectivity index (χ2n) is 5.94. The Bertz CT molecular complexity index is 935. The van der Waals surface area contributed by atoms with Gasteiger partial charge in [0.1, 0.15) is 0 Å². The molecule has 1 heterocycles. The first kappa shape index (κ1) is 17.9. The van der Waals surface area contributed by atoms with Gasteiger partial charge >= 0.3 is 0 Å². The standard InChI is InChI=1S/C17H17N3O5S/c21-17(19-10-1-2-11-19)13-6-8-14(9-7-13)18-26(24,25)16-5-3-4-15(12-16)20(22)23/h3-9,12,18H,1-2,10-11H2. The molecular weight excluding hydrogens is 358 g/mol. The Balaban J connectivity index is 1.76. The van der Waals surface area contributed by atoms with Gasteiger partial charge in [-0.05, 0) is 43.2 Å². The minimum absolute atomic E-state index is 0.0735. The smallest absolute Gasteiger partial charge is 0.270 e. The summed E-state index contributed by atoms with van der Waals surface area (Å²) in [5.41, 5.74) is 0.458. The van der Waals surface area contributed by atoms with Gasteiger partial charge in [-0.15, -0.1) is 0 Å². The Morgan fingerprint density at radius 3 is 2.35 bits per heavy atom. The molecule has 1 aliphatic heterocycles. The van der Waals surface area contributed by atoms with Crippen molar-refractivity contribution in [3.63, 3.8) is 0 Å². The van der Waals surface area contributed by atoms with E-state index in [1.54, 1.807) is 17.0 Å². The van der Waals surface area contributed by atoms with Gasteiger partial charge in [0.05, 0.1) is 9.82 Å². The summed E-state index contributed by atoms with van der Waals surface area (Å²) >= 11 is 0. The molecule has 26 heavy (non-hydrogen) atoms. The van der Waals surface area contributed by atoms with Crippen LogP contribution < -0.4 is 4.72 Å². The molecule has 1 amide bonds. The Morgan fingerprint density at radius 1 is 1.08 bits per heavy atom. The number of nitrogens with one attached hydrogen (secondary N) is 1. The molecular formula is C17H17N3O5S. The zero-order chi connectivity index (χ0) is 18.7. The lowest BCUT2D eigenvalue weighted by atomic mass is 10.2. The summed E-state index contributed by atoms with van der Waals surface area (Å²) in [5, 5.41) is 10.8. The zero-order valence-corrected chi connectivity index (χ0v) is 14.6. The minimum atomic E-state index is -3.97. The molecule has 0 radical (unpaired) electrons. The van der Waals surface area contributed by atoms with E-state index in [0.717, 1.165) is 32.0 Å². The van der Waals surface area contributed by atoms with E-state index in [0.29, 0.717) is 5.56 Å². The van der Waals surface area contributed by atoms with E-state index < -0.39 is 14.9 Å². The van der Waals surface area contributed by atoms with Crippen molar-refractivity contribution in [1.29, 1.82) is 0 Å². The highest BCUT2D eigenvalue weighted by molar-refractivity contribution is 7.92. The van der Waals surface area contributed by atoms with Crippen molar-refractivity contribution >= 4 is 27.3 Å². The Hall–Kier alpha value is -2.94. The Labute approximate surface area is 150 Å². The highest BCUT2D eigenvalue weighted by atomic mass is 32.2. The summed E-state index contributed by atoms with van der Waals surface area (Å²) in [6.45, 7) is 1.47. The molecule has 9 heteroatoms. The first-order chi connectivity index (χ1) is 12.4. The molecule has 0 unspecified atom stereocenters. The monoisotopic (exact) mass is 375 g/mol. The summed E-state index contributed by atoms with van der Waals surface area (Å²) in [6.07, 6.45) is 1.99. The molecule has 0 spiro atoms. The largest absolute Gasteiger partial charge is 0.339 e. The van der Waals surface area contributed by atoms with Gasteiger partial charge in [0.2, 0.25) is 0 Å². The number of carbonyl (C=O) groups is 1. The number of carbonyl (C=O) groups excluding carboxylic acids is 1. The lowest BCUT2D eigenvalue weighted by Crippen LogP contribution is -2.27. The second kappa shape index (κ2) is 7.12. The number of non-ortho nitro benzene ring substituents is 1. The van der Waals surface area contributed by atoms with Crippen LogP contribution in [0.4, 0.5) is 11.4 Å². The molecule has 0 aromatic heterocycles. The predicted octanol–water partition coefficient (Wildman–Crippen LogP) is 2.63. The molecule has 1 N–H and O–H groups in total. The summed E-state index contributed by atoms with van der Waals surface area (Å²) in [7, 11) is -3.97. The van der Waals surface area contributed by atoms with E-state index in [-0.39, 0.29) is 22.2 Å². The highest BCUT2D eigenvalue weighted by Gasteiger charge is 2.20. The van der Waals surface area contributed by atoms with Crippen molar-refractivity contribution in [2.45, 2.75) is 17.7 Å². The summed E-state index contributed by atoms with van der Waals surface area (Å²) < 4.78 is 27.2. The maximum Gasteiger partial charge on any atom is 0.270 e. The number of sulfonamides is 1. The van der Waals surface area contributed by atoms with Gasteiger partial charge in [-0.25, -0.2) is 8.42 Å². The molecule has 1 aliphatic rings. The number of nitro groups is 1. The van der Waals surface area contributed by atoms with Crippen molar-refractivity contribution in [3.05, 3.63) is 64.2 Å². The van der Waals surface area contributed by atoms with Crippen LogP contribution in [0.5, 0.6) is 0 Å².